The Morgan fingerprint density at radius 2 is 1.04 bits per heavy atom. The molecule has 1 aromatic heterocycles. The largest absolute Gasteiger partial charge is 0.316 e. The molecule has 0 saturated carbocycles. The van der Waals surface area contributed by atoms with Gasteiger partial charge in [0.25, 0.3) is 17.7 Å². The van der Waals surface area contributed by atoms with Crippen LogP contribution in [-0.2, 0) is 14.4 Å². The van der Waals surface area contributed by atoms with E-state index < -0.39 is 17.7 Å². The summed E-state index contributed by atoms with van der Waals surface area (Å²) in [6.45, 7) is 15.0. The fourth-order valence-corrected chi connectivity index (χ4v) is 1.27. The Morgan fingerprint density at radius 3 is 1.38 bits per heavy atom. The Bertz CT molecular complexity index is 707. The summed E-state index contributed by atoms with van der Waals surface area (Å²) in [5, 5.41) is 18.1. The molecule has 0 aromatic carbocycles. The normalized spacial score (nSPS) is 9.62. The van der Waals surface area contributed by atoms with Gasteiger partial charge in [0.1, 0.15) is 5.69 Å². The van der Waals surface area contributed by atoms with Crippen LogP contribution in [0.1, 0.15) is 20.8 Å². The van der Waals surface area contributed by atoms with Crippen molar-refractivity contribution < 1.29 is 14.4 Å². The van der Waals surface area contributed by atoms with Crippen LogP contribution in [0.25, 0.3) is 0 Å². The molecule has 1 aromatic rings. The van der Waals surface area contributed by atoms with E-state index in [1.807, 2.05) is 0 Å². The van der Waals surface area contributed by atoms with E-state index in [2.05, 4.69) is 51.1 Å². The molecule has 9 nitrogen and oxygen atoms in total. The van der Waals surface area contributed by atoms with Crippen molar-refractivity contribution in [2.45, 2.75) is 20.8 Å². The lowest BCUT2D eigenvalue weighted by molar-refractivity contribution is -0.113. The number of rotatable bonds is 6. The molecule has 0 radical (unpaired) electrons. The third kappa shape index (κ3) is 4.83. The van der Waals surface area contributed by atoms with Gasteiger partial charge in [-0.3, -0.25) is 14.4 Å². The topological polar surface area (TPSA) is 126 Å². The fraction of sp³-hybridized carbons (Fsp3) is 0.200. The van der Waals surface area contributed by atoms with Gasteiger partial charge in [-0.1, -0.05) is 19.7 Å². The summed E-state index contributed by atoms with van der Waals surface area (Å²) in [6, 6.07) is 0. The Balaban J connectivity index is 3.31. The van der Waals surface area contributed by atoms with Crippen LogP contribution in [0, 0.1) is 0 Å². The van der Waals surface area contributed by atoms with Gasteiger partial charge >= 0.3 is 0 Å². The van der Waals surface area contributed by atoms with Gasteiger partial charge in [-0.15, -0.1) is 10.2 Å². The van der Waals surface area contributed by atoms with Crippen molar-refractivity contribution in [3.8, 4) is 0 Å². The van der Waals surface area contributed by atoms with Crippen LogP contribution in [0.3, 0.4) is 0 Å². The van der Waals surface area contributed by atoms with Crippen molar-refractivity contribution in [2.75, 3.05) is 16.0 Å². The highest BCUT2D eigenvalue weighted by atomic mass is 16.2. The van der Waals surface area contributed by atoms with Gasteiger partial charge in [0.2, 0.25) is 0 Å². The molecular weight excluding hydrogens is 312 g/mol. The van der Waals surface area contributed by atoms with Crippen molar-refractivity contribution in [3.63, 3.8) is 0 Å². The first-order chi connectivity index (χ1) is 11.1. The molecule has 1 heterocycles. The van der Waals surface area contributed by atoms with Gasteiger partial charge in [-0.05, 0) is 26.0 Å². The zero-order valence-electron chi connectivity index (χ0n) is 13.7. The number of carbonyl (C=O) groups is 3. The lowest BCUT2D eigenvalue weighted by Gasteiger charge is -2.14. The average Bonchev–Trinajstić information content (AvgIpc) is 2.49. The minimum Gasteiger partial charge on any atom is -0.316 e. The first-order valence-electron chi connectivity index (χ1n) is 6.77. The third-order valence-corrected chi connectivity index (χ3v) is 2.63. The SMILES string of the molecule is C=C(C)C(=O)Nc1nnnc(NC(=O)C(=C)C)c1NC(=O)C(=C)C. The average molecular weight is 330 g/mol. The highest BCUT2D eigenvalue weighted by Crippen LogP contribution is 2.26. The van der Waals surface area contributed by atoms with E-state index in [-0.39, 0.29) is 34.0 Å². The number of anilines is 3. The van der Waals surface area contributed by atoms with Crippen molar-refractivity contribution in [1.29, 1.82) is 0 Å². The molecule has 3 N–H and O–H groups in total. The molecule has 0 aliphatic rings. The molecule has 0 atom stereocenters. The quantitative estimate of drug-likeness (QED) is 0.677. The molecule has 0 fully saturated rings. The first-order valence-corrected chi connectivity index (χ1v) is 6.77. The van der Waals surface area contributed by atoms with Gasteiger partial charge in [-0.2, -0.15) is 0 Å². The molecule has 1 rings (SSSR count). The molecule has 3 amide bonds. The highest BCUT2D eigenvalue weighted by Gasteiger charge is 2.19. The highest BCUT2D eigenvalue weighted by molar-refractivity contribution is 6.12. The van der Waals surface area contributed by atoms with E-state index in [0.29, 0.717) is 0 Å². The molecule has 0 unspecified atom stereocenters. The maximum absolute atomic E-state index is 11.9. The summed E-state index contributed by atoms with van der Waals surface area (Å²) >= 11 is 0. The van der Waals surface area contributed by atoms with Crippen LogP contribution in [0.2, 0.25) is 0 Å². The minimum atomic E-state index is -0.540. The zero-order chi connectivity index (χ0) is 18.4. The van der Waals surface area contributed by atoms with E-state index in [9.17, 15) is 14.4 Å². The minimum absolute atomic E-state index is 0.0257. The number of aromatic nitrogens is 3. The Kier molecular flexibility index (Phi) is 6.05. The number of amides is 3. The maximum Gasteiger partial charge on any atom is 0.251 e. The molecule has 0 aliphatic carbocycles. The number of hydrogen-bond acceptors (Lipinski definition) is 6. The number of nitrogens with one attached hydrogen (secondary N) is 3. The van der Waals surface area contributed by atoms with Gasteiger partial charge < -0.3 is 16.0 Å². The van der Waals surface area contributed by atoms with Crippen LogP contribution in [0.5, 0.6) is 0 Å². The predicted molar refractivity (Wildman–Crippen MR) is 90.2 cm³/mol. The summed E-state index contributed by atoms with van der Waals surface area (Å²) in [4.78, 5) is 35.5. The van der Waals surface area contributed by atoms with Crippen LogP contribution in [0.15, 0.2) is 36.5 Å². The van der Waals surface area contributed by atoms with Crippen molar-refractivity contribution in [1.82, 2.24) is 15.4 Å². The standard InChI is InChI=1S/C15H18N6O3/c1-7(2)13(22)16-10-11(17-14(23)8(3)4)19-21-20-12(10)18-15(24)9(5)6/h1,3,5H2,2,4,6H3,(H,16,21,22)(H2,17,18,19,20,23,24). The van der Waals surface area contributed by atoms with Gasteiger partial charge in [0, 0.05) is 16.7 Å². The third-order valence-electron chi connectivity index (χ3n) is 2.63. The smallest absolute Gasteiger partial charge is 0.251 e. The summed E-state index contributed by atoms with van der Waals surface area (Å²) in [7, 11) is 0. The summed E-state index contributed by atoms with van der Waals surface area (Å²) in [5.41, 5.74) is 0.625. The lowest BCUT2D eigenvalue weighted by atomic mass is 10.3. The molecule has 0 saturated heterocycles. The van der Waals surface area contributed by atoms with Crippen molar-refractivity contribution in [3.05, 3.63) is 36.5 Å². The van der Waals surface area contributed by atoms with Crippen LogP contribution in [0.4, 0.5) is 17.3 Å². The van der Waals surface area contributed by atoms with Crippen LogP contribution in [-0.4, -0.2) is 33.1 Å². The van der Waals surface area contributed by atoms with Crippen molar-refractivity contribution >= 4 is 35.0 Å². The van der Waals surface area contributed by atoms with Gasteiger partial charge in [0.05, 0.1) is 0 Å². The van der Waals surface area contributed by atoms with Gasteiger partial charge in [-0.25, -0.2) is 0 Å². The molecule has 9 heteroatoms. The summed E-state index contributed by atoms with van der Waals surface area (Å²) in [6.07, 6.45) is 0. The van der Waals surface area contributed by atoms with E-state index in [1.54, 1.807) is 0 Å². The molecule has 0 bridgehead atoms. The predicted octanol–water partition coefficient (Wildman–Crippen LogP) is 1.42. The molecule has 126 valence electrons. The number of nitrogens with zero attached hydrogens (tertiary/aromatic N) is 3. The lowest BCUT2D eigenvalue weighted by Crippen LogP contribution is -2.22. The Morgan fingerprint density at radius 1 is 0.708 bits per heavy atom. The number of hydrogen-bond donors (Lipinski definition) is 3. The first kappa shape index (κ1) is 18.7. The second-order valence-corrected chi connectivity index (χ2v) is 5.07. The monoisotopic (exact) mass is 330 g/mol. The van der Waals surface area contributed by atoms with E-state index in [0.717, 1.165) is 0 Å². The van der Waals surface area contributed by atoms with E-state index >= 15 is 0 Å². The molecule has 0 spiro atoms. The summed E-state index contributed by atoms with van der Waals surface area (Å²) in [5.74, 6) is -1.78. The zero-order valence-corrected chi connectivity index (χ0v) is 13.7. The van der Waals surface area contributed by atoms with Gasteiger partial charge in [0.15, 0.2) is 11.6 Å². The Hall–Kier alpha value is -3.36. The van der Waals surface area contributed by atoms with E-state index in [1.165, 1.54) is 20.8 Å². The van der Waals surface area contributed by atoms with Crippen molar-refractivity contribution in [2.24, 2.45) is 0 Å². The molecular formula is C15H18N6O3. The second-order valence-electron chi connectivity index (χ2n) is 5.07. The maximum atomic E-state index is 11.9. The second kappa shape index (κ2) is 7.77. The summed E-state index contributed by atoms with van der Waals surface area (Å²) < 4.78 is 0. The molecule has 24 heavy (non-hydrogen) atoms. The molecule has 0 aliphatic heterocycles. The Labute approximate surface area is 138 Å². The van der Waals surface area contributed by atoms with E-state index in [4.69, 9.17) is 0 Å². The van der Waals surface area contributed by atoms with Crippen LogP contribution < -0.4 is 16.0 Å². The fourth-order valence-electron chi connectivity index (χ4n) is 1.27. The van der Waals surface area contributed by atoms with Crippen LogP contribution >= 0.6 is 0 Å². The number of carbonyl (C=O) groups excluding carboxylic acids is 3.